The van der Waals surface area contributed by atoms with E-state index < -0.39 is 0 Å². The molecular weight excluding hydrogens is 246 g/mol. The van der Waals surface area contributed by atoms with Gasteiger partial charge in [0.15, 0.2) is 12.1 Å². The number of hydrogen-bond acceptors (Lipinski definition) is 3. The largest absolute Gasteiger partial charge is 0.298 e. The Bertz CT molecular complexity index is 467. The first-order valence-electron chi connectivity index (χ1n) is 3.91. The molecule has 0 spiro atoms. The molecule has 2 rings (SSSR count). The minimum Gasteiger partial charge on any atom is -0.298 e. The summed E-state index contributed by atoms with van der Waals surface area (Å²) < 4.78 is 2.47. The van der Waals surface area contributed by atoms with Gasteiger partial charge in [0, 0.05) is 16.9 Å². The van der Waals surface area contributed by atoms with E-state index in [1.807, 2.05) is 12.1 Å². The van der Waals surface area contributed by atoms with Crippen molar-refractivity contribution in [1.82, 2.24) is 14.8 Å². The summed E-state index contributed by atoms with van der Waals surface area (Å²) >= 11 is 3.33. The maximum Gasteiger partial charge on any atom is 0.154 e. The molecule has 0 amide bonds. The molecule has 0 bridgehead atoms. The summed E-state index contributed by atoms with van der Waals surface area (Å²) in [6.45, 7) is 0. The number of aldehydes is 1. The van der Waals surface area contributed by atoms with Gasteiger partial charge in [-0.1, -0.05) is 15.9 Å². The number of aromatic nitrogens is 3. The van der Waals surface area contributed by atoms with E-state index in [1.54, 1.807) is 17.1 Å². The van der Waals surface area contributed by atoms with E-state index in [0.29, 0.717) is 11.4 Å². The third kappa shape index (κ3) is 1.72. The van der Waals surface area contributed by atoms with E-state index >= 15 is 0 Å². The van der Waals surface area contributed by atoms with Crippen LogP contribution in [0.4, 0.5) is 0 Å². The van der Waals surface area contributed by atoms with Gasteiger partial charge in [0.2, 0.25) is 0 Å². The molecule has 0 aliphatic carbocycles. The predicted molar refractivity (Wildman–Crippen MR) is 54.4 cm³/mol. The summed E-state index contributed by atoms with van der Waals surface area (Å²) in [4.78, 5) is 14.5. The molecule has 0 aliphatic rings. The van der Waals surface area contributed by atoms with Gasteiger partial charge in [0.05, 0.1) is 11.8 Å². The highest BCUT2D eigenvalue weighted by Gasteiger charge is 2.00. The van der Waals surface area contributed by atoms with Crippen molar-refractivity contribution in [2.45, 2.75) is 0 Å². The van der Waals surface area contributed by atoms with Crippen molar-refractivity contribution in [1.29, 1.82) is 0 Å². The van der Waals surface area contributed by atoms with Gasteiger partial charge in [-0.2, -0.15) is 5.10 Å². The first-order chi connectivity index (χ1) is 6.79. The van der Waals surface area contributed by atoms with Gasteiger partial charge < -0.3 is 0 Å². The first-order valence-corrected chi connectivity index (χ1v) is 4.70. The molecule has 4 nitrogen and oxygen atoms in total. The Hall–Kier alpha value is -1.49. The summed E-state index contributed by atoms with van der Waals surface area (Å²) in [6, 6.07) is 3.65. The fourth-order valence-electron chi connectivity index (χ4n) is 1.04. The molecule has 0 atom stereocenters. The Morgan fingerprint density at radius 3 is 3.00 bits per heavy atom. The fraction of sp³-hybridized carbons (Fsp3) is 0. The van der Waals surface area contributed by atoms with Crippen LogP contribution in [0.5, 0.6) is 0 Å². The maximum absolute atomic E-state index is 10.4. The quantitative estimate of drug-likeness (QED) is 0.766. The van der Waals surface area contributed by atoms with Gasteiger partial charge in [-0.3, -0.25) is 4.79 Å². The van der Waals surface area contributed by atoms with E-state index in [4.69, 9.17) is 0 Å². The fourth-order valence-corrected chi connectivity index (χ4v) is 1.36. The number of hydrogen-bond donors (Lipinski definition) is 0. The smallest absolute Gasteiger partial charge is 0.154 e. The summed E-state index contributed by atoms with van der Waals surface area (Å²) in [7, 11) is 0. The van der Waals surface area contributed by atoms with Crippen molar-refractivity contribution < 1.29 is 4.79 Å². The highest BCUT2D eigenvalue weighted by molar-refractivity contribution is 9.10. The molecule has 2 heterocycles. The van der Waals surface area contributed by atoms with Crippen LogP contribution in [0.2, 0.25) is 0 Å². The lowest BCUT2D eigenvalue weighted by molar-refractivity contribution is 0.112. The number of carbonyl (C=O) groups is 1. The van der Waals surface area contributed by atoms with Crippen molar-refractivity contribution in [2.75, 3.05) is 0 Å². The van der Waals surface area contributed by atoms with E-state index in [-0.39, 0.29) is 0 Å². The number of pyridine rings is 1. The standard InChI is InChI=1S/C9H6BrN3O/c10-8-1-2-11-9(3-8)13-5-7(6-14)4-12-13/h1-6H. The zero-order valence-electron chi connectivity index (χ0n) is 7.09. The van der Waals surface area contributed by atoms with Crippen molar-refractivity contribution in [3.05, 3.63) is 40.8 Å². The molecule has 0 saturated carbocycles. The number of nitrogens with zero attached hydrogens (tertiary/aromatic N) is 3. The van der Waals surface area contributed by atoms with Crippen LogP contribution in [0.25, 0.3) is 5.82 Å². The summed E-state index contributed by atoms with van der Waals surface area (Å²) in [5, 5.41) is 4.00. The number of carbonyl (C=O) groups excluding carboxylic acids is 1. The average molecular weight is 252 g/mol. The maximum atomic E-state index is 10.4. The highest BCUT2D eigenvalue weighted by Crippen LogP contribution is 2.12. The first kappa shape index (κ1) is 9.08. The van der Waals surface area contributed by atoms with Crippen LogP contribution in [0.1, 0.15) is 10.4 Å². The average Bonchev–Trinajstić information content (AvgIpc) is 2.66. The van der Waals surface area contributed by atoms with Crippen LogP contribution in [-0.2, 0) is 0 Å². The summed E-state index contributed by atoms with van der Waals surface area (Å²) in [6.07, 6.45) is 5.54. The lowest BCUT2D eigenvalue weighted by Crippen LogP contribution is -1.96. The van der Waals surface area contributed by atoms with Crippen LogP contribution in [-0.4, -0.2) is 21.1 Å². The van der Waals surface area contributed by atoms with Gasteiger partial charge in [0.1, 0.15) is 0 Å². The molecule has 5 heteroatoms. The Kier molecular flexibility index (Phi) is 2.41. The van der Waals surface area contributed by atoms with Gasteiger partial charge in [0.25, 0.3) is 0 Å². The molecule has 0 radical (unpaired) electrons. The van der Waals surface area contributed by atoms with Crippen LogP contribution < -0.4 is 0 Å². The van der Waals surface area contributed by atoms with Crippen molar-refractivity contribution in [3.8, 4) is 5.82 Å². The minimum absolute atomic E-state index is 0.534. The monoisotopic (exact) mass is 251 g/mol. The lowest BCUT2D eigenvalue weighted by Gasteiger charge is -1.98. The molecular formula is C9H6BrN3O. The molecule has 0 N–H and O–H groups in total. The van der Waals surface area contributed by atoms with Crippen molar-refractivity contribution in [2.24, 2.45) is 0 Å². The van der Waals surface area contributed by atoms with Gasteiger partial charge in [-0.15, -0.1) is 0 Å². The topological polar surface area (TPSA) is 47.8 Å². The second-order valence-electron chi connectivity index (χ2n) is 2.67. The van der Waals surface area contributed by atoms with Crippen LogP contribution in [0.3, 0.4) is 0 Å². The predicted octanol–water partition coefficient (Wildman–Crippen LogP) is 1.84. The van der Waals surface area contributed by atoms with Crippen LogP contribution >= 0.6 is 15.9 Å². The van der Waals surface area contributed by atoms with Crippen LogP contribution in [0, 0.1) is 0 Å². The molecule has 0 aromatic carbocycles. The van der Waals surface area contributed by atoms with Crippen molar-refractivity contribution in [3.63, 3.8) is 0 Å². The normalized spacial score (nSPS) is 10.1. The second kappa shape index (κ2) is 3.71. The van der Waals surface area contributed by atoms with Gasteiger partial charge in [-0.25, -0.2) is 9.67 Å². The molecule has 14 heavy (non-hydrogen) atoms. The third-order valence-electron chi connectivity index (χ3n) is 1.68. The zero-order valence-corrected chi connectivity index (χ0v) is 8.68. The lowest BCUT2D eigenvalue weighted by atomic mass is 10.4. The SMILES string of the molecule is O=Cc1cnn(-c2cc(Br)ccn2)c1. The van der Waals surface area contributed by atoms with Gasteiger partial charge >= 0.3 is 0 Å². The van der Waals surface area contributed by atoms with Crippen LogP contribution in [0.15, 0.2) is 35.2 Å². The Labute approximate surface area is 88.7 Å². The van der Waals surface area contributed by atoms with Crippen molar-refractivity contribution >= 4 is 22.2 Å². The van der Waals surface area contributed by atoms with E-state index in [2.05, 4.69) is 26.0 Å². The Morgan fingerprint density at radius 2 is 2.36 bits per heavy atom. The molecule has 0 unspecified atom stereocenters. The minimum atomic E-state index is 0.534. The Balaban J connectivity index is 2.43. The third-order valence-corrected chi connectivity index (χ3v) is 2.17. The van der Waals surface area contributed by atoms with E-state index in [9.17, 15) is 4.79 Å². The summed E-state index contributed by atoms with van der Waals surface area (Å²) in [5.41, 5.74) is 0.534. The second-order valence-corrected chi connectivity index (χ2v) is 3.58. The van der Waals surface area contributed by atoms with Gasteiger partial charge in [-0.05, 0) is 12.1 Å². The van der Waals surface area contributed by atoms with E-state index in [1.165, 1.54) is 6.20 Å². The molecule has 0 saturated heterocycles. The number of rotatable bonds is 2. The summed E-state index contributed by atoms with van der Waals surface area (Å²) in [5.74, 6) is 0.674. The molecule has 0 fully saturated rings. The highest BCUT2D eigenvalue weighted by atomic mass is 79.9. The number of halogens is 1. The zero-order chi connectivity index (χ0) is 9.97. The Morgan fingerprint density at radius 1 is 1.50 bits per heavy atom. The van der Waals surface area contributed by atoms with E-state index in [0.717, 1.165) is 10.8 Å². The molecule has 70 valence electrons. The molecule has 2 aromatic heterocycles. The molecule has 0 aliphatic heterocycles. The molecule has 2 aromatic rings.